The van der Waals surface area contributed by atoms with Crippen molar-refractivity contribution in [2.24, 2.45) is 0 Å². The van der Waals surface area contributed by atoms with Crippen molar-refractivity contribution in [2.45, 2.75) is 20.3 Å². The molecule has 112 valence electrons. The van der Waals surface area contributed by atoms with E-state index in [9.17, 15) is 19.2 Å². The molecule has 3 N–H and O–H groups in total. The standard InChI is InChI=1S/C12H19N3O5/c1-3-15(4-2)10(17)7-8-13-12(20)14-9(16)5-6-11(18)19/h5-6H,3-4,7-8H2,1-2H3,(H,18,19)(H2,13,14,16,20)/b6-5+. The van der Waals surface area contributed by atoms with Gasteiger partial charge >= 0.3 is 12.0 Å². The van der Waals surface area contributed by atoms with Crippen LogP contribution in [0, 0.1) is 0 Å². The summed E-state index contributed by atoms with van der Waals surface area (Å²) in [7, 11) is 0. The molecule has 0 fully saturated rings. The highest BCUT2D eigenvalue weighted by molar-refractivity contribution is 6.02. The number of nitrogens with one attached hydrogen (secondary N) is 2. The molecule has 8 nitrogen and oxygen atoms in total. The summed E-state index contributed by atoms with van der Waals surface area (Å²) in [6.45, 7) is 5.00. The second-order valence-electron chi connectivity index (χ2n) is 3.73. The zero-order valence-electron chi connectivity index (χ0n) is 11.5. The number of carbonyl (C=O) groups is 4. The maximum Gasteiger partial charge on any atom is 0.328 e. The molecule has 0 aliphatic carbocycles. The van der Waals surface area contributed by atoms with Crippen LogP contribution in [0.5, 0.6) is 0 Å². The van der Waals surface area contributed by atoms with Crippen molar-refractivity contribution in [1.82, 2.24) is 15.5 Å². The Bertz CT molecular complexity index is 402. The second-order valence-corrected chi connectivity index (χ2v) is 3.73. The molecule has 0 saturated carbocycles. The molecule has 0 radical (unpaired) electrons. The van der Waals surface area contributed by atoms with Crippen LogP contribution in [-0.4, -0.2) is 53.5 Å². The van der Waals surface area contributed by atoms with Crippen LogP contribution >= 0.6 is 0 Å². The Labute approximate surface area is 116 Å². The molecule has 0 aliphatic rings. The minimum atomic E-state index is -1.29. The summed E-state index contributed by atoms with van der Waals surface area (Å²) >= 11 is 0. The molecule has 0 unspecified atom stereocenters. The molecule has 8 heteroatoms. The maximum absolute atomic E-state index is 11.6. The van der Waals surface area contributed by atoms with Gasteiger partial charge in [0.25, 0.3) is 5.91 Å². The molecule has 0 bridgehead atoms. The van der Waals surface area contributed by atoms with E-state index in [1.807, 2.05) is 19.2 Å². The van der Waals surface area contributed by atoms with Crippen LogP contribution in [-0.2, 0) is 14.4 Å². The Hall–Kier alpha value is -2.38. The molecule has 0 rings (SSSR count). The molecule has 0 aliphatic heterocycles. The van der Waals surface area contributed by atoms with Gasteiger partial charge in [-0.05, 0) is 13.8 Å². The van der Waals surface area contributed by atoms with Crippen molar-refractivity contribution < 1.29 is 24.3 Å². The Balaban J connectivity index is 3.97. The number of rotatable bonds is 7. The average Bonchev–Trinajstić information content (AvgIpc) is 2.37. The highest BCUT2D eigenvalue weighted by Gasteiger charge is 2.10. The van der Waals surface area contributed by atoms with Gasteiger partial charge in [-0.15, -0.1) is 0 Å². The Morgan fingerprint density at radius 3 is 2.20 bits per heavy atom. The van der Waals surface area contributed by atoms with Gasteiger partial charge in [0.05, 0.1) is 0 Å². The van der Waals surface area contributed by atoms with Crippen LogP contribution in [0.15, 0.2) is 12.2 Å². The van der Waals surface area contributed by atoms with Gasteiger partial charge in [0.2, 0.25) is 5.91 Å². The van der Waals surface area contributed by atoms with E-state index in [4.69, 9.17) is 5.11 Å². The van der Waals surface area contributed by atoms with Crippen molar-refractivity contribution in [3.8, 4) is 0 Å². The molecule has 0 spiro atoms. The second kappa shape index (κ2) is 9.54. The minimum Gasteiger partial charge on any atom is -0.478 e. The summed E-state index contributed by atoms with van der Waals surface area (Å²) in [5.41, 5.74) is 0. The third kappa shape index (κ3) is 7.85. The van der Waals surface area contributed by atoms with Gasteiger partial charge in [0.1, 0.15) is 0 Å². The summed E-state index contributed by atoms with van der Waals surface area (Å²) < 4.78 is 0. The highest BCUT2D eigenvalue weighted by Crippen LogP contribution is 1.92. The zero-order valence-corrected chi connectivity index (χ0v) is 11.5. The Kier molecular flexibility index (Phi) is 8.40. The zero-order chi connectivity index (χ0) is 15.5. The van der Waals surface area contributed by atoms with E-state index in [0.717, 1.165) is 6.08 Å². The van der Waals surface area contributed by atoms with Crippen LogP contribution in [0.2, 0.25) is 0 Å². The first-order valence-electron chi connectivity index (χ1n) is 6.18. The van der Waals surface area contributed by atoms with E-state index >= 15 is 0 Å². The summed E-state index contributed by atoms with van der Waals surface area (Å²) in [5, 5.41) is 12.5. The summed E-state index contributed by atoms with van der Waals surface area (Å²) in [6.07, 6.45) is 1.48. The number of hydrogen-bond donors (Lipinski definition) is 3. The van der Waals surface area contributed by atoms with Gasteiger partial charge in [0.15, 0.2) is 0 Å². The Morgan fingerprint density at radius 1 is 1.10 bits per heavy atom. The normalized spacial score (nSPS) is 10.1. The third-order valence-electron chi connectivity index (χ3n) is 2.35. The SMILES string of the molecule is CCN(CC)C(=O)CCNC(=O)NC(=O)/C=C/C(=O)O. The fraction of sp³-hybridized carbons (Fsp3) is 0.500. The van der Waals surface area contributed by atoms with Gasteiger partial charge in [-0.1, -0.05) is 0 Å². The fourth-order valence-corrected chi connectivity index (χ4v) is 1.36. The molecule has 4 amide bonds. The van der Waals surface area contributed by atoms with Crippen molar-refractivity contribution >= 4 is 23.8 Å². The number of carboxylic acids is 1. The van der Waals surface area contributed by atoms with Gasteiger partial charge in [-0.2, -0.15) is 0 Å². The quantitative estimate of drug-likeness (QED) is 0.556. The lowest BCUT2D eigenvalue weighted by atomic mass is 10.3. The molecule has 0 heterocycles. The van der Waals surface area contributed by atoms with Crippen LogP contribution in [0.3, 0.4) is 0 Å². The summed E-state index contributed by atoms with van der Waals surface area (Å²) in [4.78, 5) is 45.7. The molecule has 0 aromatic carbocycles. The number of urea groups is 1. The minimum absolute atomic E-state index is 0.0904. The number of nitrogens with zero attached hydrogens (tertiary/aromatic N) is 1. The summed E-state index contributed by atoms with van der Waals surface area (Å²) in [5.74, 6) is -2.22. The van der Waals surface area contributed by atoms with Crippen molar-refractivity contribution in [1.29, 1.82) is 0 Å². The third-order valence-corrected chi connectivity index (χ3v) is 2.35. The van der Waals surface area contributed by atoms with Gasteiger partial charge < -0.3 is 15.3 Å². The predicted molar refractivity (Wildman–Crippen MR) is 70.9 cm³/mol. The van der Waals surface area contributed by atoms with E-state index < -0.39 is 17.9 Å². The van der Waals surface area contributed by atoms with Crippen LogP contribution in [0.4, 0.5) is 4.79 Å². The maximum atomic E-state index is 11.6. The van der Waals surface area contributed by atoms with E-state index in [-0.39, 0.29) is 18.9 Å². The van der Waals surface area contributed by atoms with Crippen LogP contribution in [0.25, 0.3) is 0 Å². The van der Waals surface area contributed by atoms with Crippen molar-refractivity contribution in [2.75, 3.05) is 19.6 Å². The lowest BCUT2D eigenvalue weighted by Crippen LogP contribution is -2.40. The van der Waals surface area contributed by atoms with E-state index in [2.05, 4.69) is 5.32 Å². The monoisotopic (exact) mass is 285 g/mol. The first-order valence-corrected chi connectivity index (χ1v) is 6.18. The molecular formula is C12H19N3O5. The lowest BCUT2D eigenvalue weighted by molar-refractivity contribution is -0.132. The number of carboxylic acid groups (broad SMARTS) is 1. The number of hydrogen-bond acceptors (Lipinski definition) is 4. The first-order chi connectivity index (χ1) is 9.40. The first kappa shape index (κ1) is 17.6. The predicted octanol–water partition coefficient (Wildman–Crippen LogP) is -0.288. The lowest BCUT2D eigenvalue weighted by Gasteiger charge is -2.18. The molecule has 0 saturated heterocycles. The van der Waals surface area contributed by atoms with Crippen molar-refractivity contribution in [3.63, 3.8) is 0 Å². The number of aliphatic carboxylic acids is 1. The molecule has 0 aromatic rings. The largest absolute Gasteiger partial charge is 0.478 e. The topological polar surface area (TPSA) is 116 Å². The van der Waals surface area contributed by atoms with Gasteiger partial charge in [-0.25, -0.2) is 9.59 Å². The van der Waals surface area contributed by atoms with E-state index in [1.54, 1.807) is 4.90 Å². The van der Waals surface area contributed by atoms with Gasteiger partial charge in [0, 0.05) is 38.2 Å². The number of imide groups is 1. The molecular weight excluding hydrogens is 266 g/mol. The molecule has 20 heavy (non-hydrogen) atoms. The van der Waals surface area contributed by atoms with E-state index in [0.29, 0.717) is 19.2 Å². The highest BCUT2D eigenvalue weighted by atomic mass is 16.4. The van der Waals surface area contributed by atoms with Crippen LogP contribution in [0.1, 0.15) is 20.3 Å². The van der Waals surface area contributed by atoms with E-state index in [1.165, 1.54) is 0 Å². The smallest absolute Gasteiger partial charge is 0.328 e. The Morgan fingerprint density at radius 2 is 1.70 bits per heavy atom. The number of amides is 4. The summed E-state index contributed by atoms with van der Waals surface area (Å²) in [6, 6.07) is -0.780. The molecule has 0 atom stereocenters. The average molecular weight is 285 g/mol. The van der Waals surface area contributed by atoms with Crippen molar-refractivity contribution in [3.05, 3.63) is 12.2 Å². The van der Waals surface area contributed by atoms with Gasteiger partial charge in [-0.3, -0.25) is 14.9 Å². The molecule has 0 aromatic heterocycles. The van der Waals surface area contributed by atoms with Crippen LogP contribution < -0.4 is 10.6 Å². The fourth-order valence-electron chi connectivity index (χ4n) is 1.36. The number of carbonyl (C=O) groups excluding carboxylic acids is 3.